The van der Waals surface area contributed by atoms with E-state index in [1.165, 1.54) is 18.2 Å². The Hall–Kier alpha value is -4.29. The van der Waals surface area contributed by atoms with Gasteiger partial charge in [-0.05, 0) is 48.5 Å². The number of aromatic nitrogens is 3. The van der Waals surface area contributed by atoms with Crippen LogP contribution in [0.15, 0.2) is 78.5 Å². The number of para-hydroxylation sites is 1. The zero-order valence-corrected chi connectivity index (χ0v) is 17.4. The lowest BCUT2D eigenvalue weighted by atomic mass is 10.2. The average molecular weight is 445 g/mol. The number of carbonyl (C=O) groups excluding carboxylic acids is 1. The Morgan fingerprint density at radius 2 is 2.00 bits per heavy atom. The summed E-state index contributed by atoms with van der Waals surface area (Å²) in [7, 11) is 0. The van der Waals surface area contributed by atoms with Crippen LogP contribution in [0.4, 0.5) is 9.52 Å². The summed E-state index contributed by atoms with van der Waals surface area (Å²) in [4.78, 5) is 12.6. The Morgan fingerprint density at radius 3 is 2.78 bits per heavy atom. The highest BCUT2D eigenvalue weighted by atomic mass is 32.1. The third-order valence-electron chi connectivity index (χ3n) is 4.32. The summed E-state index contributed by atoms with van der Waals surface area (Å²) in [5.41, 5.74) is 1.00. The average Bonchev–Trinajstić information content (AvgIpc) is 3.46. The van der Waals surface area contributed by atoms with Crippen molar-refractivity contribution in [3.05, 3.63) is 95.0 Å². The van der Waals surface area contributed by atoms with Crippen LogP contribution in [0.5, 0.6) is 5.75 Å². The van der Waals surface area contributed by atoms with Gasteiger partial charge in [0, 0.05) is 17.6 Å². The molecule has 4 aromatic rings. The molecule has 32 heavy (non-hydrogen) atoms. The quantitative estimate of drug-likeness (QED) is 0.332. The van der Waals surface area contributed by atoms with Crippen LogP contribution < -0.4 is 10.1 Å². The van der Waals surface area contributed by atoms with Crippen molar-refractivity contribution in [1.29, 1.82) is 5.26 Å². The molecule has 0 unspecified atom stereocenters. The van der Waals surface area contributed by atoms with Crippen LogP contribution in [-0.2, 0) is 11.4 Å². The molecule has 0 saturated heterocycles. The molecule has 0 atom stereocenters. The summed E-state index contributed by atoms with van der Waals surface area (Å²) in [6, 6.07) is 20.7. The van der Waals surface area contributed by atoms with E-state index >= 15 is 0 Å². The second-order valence-electron chi connectivity index (χ2n) is 6.51. The van der Waals surface area contributed by atoms with Crippen LogP contribution in [0.3, 0.4) is 0 Å². The van der Waals surface area contributed by atoms with E-state index in [2.05, 4.69) is 15.5 Å². The monoisotopic (exact) mass is 445 g/mol. The standard InChI is InChI=1S/C23H16FN5O2S/c24-17-6-4-7-19(13-17)29-11-5-8-18(29)12-16(14-25)22(30)26-23-28-27-21(32-23)15-31-20-9-2-1-3-10-20/h1-13H,15H2,(H,26,28,30)/b16-12-. The molecule has 0 saturated carbocycles. The number of benzene rings is 2. The molecular weight excluding hydrogens is 429 g/mol. The Labute approximate surface area is 187 Å². The molecule has 0 aliphatic rings. The number of nitrogens with one attached hydrogen (secondary N) is 1. The van der Waals surface area contributed by atoms with Crippen molar-refractivity contribution in [2.45, 2.75) is 6.61 Å². The van der Waals surface area contributed by atoms with Gasteiger partial charge in [-0.1, -0.05) is 35.6 Å². The number of nitriles is 1. The van der Waals surface area contributed by atoms with Crippen molar-refractivity contribution in [3.8, 4) is 17.5 Å². The van der Waals surface area contributed by atoms with Crippen molar-refractivity contribution in [2.24, 2.45) is 0 Å². The second kappa shape index (κ2) is 9.68. The van der Waals surface area contributed by atoms with Gasteiger partial charge in [0.15, 0.2) is 5.01 Å². The van der Waals surface area contributed by atoms with Crippen LogP contribution in [0.2, 0.25) is 0 Å². The van der Waals surface area contributed by atoms with Gasteiger partial charge in [-0.25, -0.2) is 4.39 Å². The fraction of sp³-hybridized carbons (Fsp3) is 0.0435. The van der Waals surface area contributed by atoms with Gasteiger partial charge in [0.2, 0.25) is 5.13 Å². The molecule has 1 amide bonds. The molecular formula is C23H16FN5O2S. The van der Waals surface area contributed by atoms with Gasteiger partial charge >= 0.3 is 0 Å². The SMILES string of the molecule is N#C/C(=C/c1cccn1-c1cccc(F)c1)C(=O)Nc1nnc(COc2ccccc2)s1. The summed E-state index contributed by atoms with van der Waals surface area (Å²) in [6.07, 6.45) is 3.15. The molecule has 0 bridgehead atoms. The molecule has 2 heterocycles. The predicted molar refractivity (Wildman–Crippen MR) is 119 cm³/mol. The number of halogens is 1. The fourth-order valence-corrected chi connectivity index (χ4v) is 3.51. The second-order valence-corrected chi connectivity index (χ2v) is 7.57. The van der Waals surface area contributed by atoms with Crippen LogP contribution >= 0.6 is 11.3 Å². The van der Waals surface area contributed by atoms with Gasteiger partial charge in [0.25, 0.3) is 5.91 Å². The maximum atomic E-state index is 13.6. The van der Waals surface area contributed by atoms with E-state index in [0.717, 1.165) is 11.3 Å². The maximum absolute atomic E-state index is 13.6. The maximum Gasteiger partial charge on any atom is 0.268 e. The number of hydrogen-bond acceptors (Lipinski definition) is 6. The van der Waals surface area contributed by atoms with Crippen LogP contribution in [0, 0.1) is 17.1 Å². The highest BCUT2D eigenvalue weighted by Crippen LogP contribution is 2.20. The number of carbonyl (C=O) groups is 1. The lowest BCUT2D eigenvalue weighted by Crippen LogP contribution is -2.13. The van der Waals surface area contributed by atoms with Gasteiger partial charge in [-0.2, -0.15) is 5.26 Å². The third kappa shape index (κ3) is 5.06. The minimum atomic E-state index is -0.619. The summed E-state index contributed by atoms with van der Waals surface area (Å²) < 4.78 is 20.9. The van der Waals surface area contributed by atoms with Gasteiger partial charge in [-0.3, -0.25) is 10.1 Å². The topological polar surface area (TPSA) is 92.8 Å². The number of anilines is 1. The lowest BCUT2D eigenvalue weighted by Gasteiger charge is -2.07. The van der Waals surface area contributed by atoms with Crippen LogP contribution in [0.25, 0.3) is 11.8 Å². The third-order valence-corrected chi connectivity index (χ3v) is 5.13. The van der Waals surface area contributed by atoms with E-state index in [1.54, 1.807) is 35.0 Å². The first-order valence-electron chi connectivity index (χ1n) is 9.49. The molecule has 0 fully saturated rings. The van der Waals surface area contributed by atoms with E-state index in [-0.39, 0.29) is 23.1 Å². The zero-order chi connectivity index (χ0) is 22.3. The molecule has 1 N–H and O–H groups in total. The molecule has 7 nitrogen and oxygen atoms in total. The molecule has 2 aromatic heterocycles. The first kappa shape index (κ1) is 21.0. The van der Waals surface area contributed by atoms with E-state index < -0.39 is 5.91 Å². The molecule has 0 radical (unpaired) electrons. The molecule has 158 valence electrons. The van der Waals surface area contributed by atoms with E-state index in [0.29, 0.717) is 22.1 Å². The van der Waals surface area contributed by atoms with Gasteiger partial charge in [0.1, 0.15) is 29.8 Å². The normalized spacial score (nSPS) is 11.1. The van der Waals surface area contributed by atoms with Crippen molar-refractivity contribution in [2.75, 3.05) is 5.32 Å². The van der Waals surface area contributed by atoms with E-state index in [9.17, 15) is 14.4 Å². The molecule has 0 aliphatic heterocycles. The Kier molecular flexibility index (Phi) is 6.34. The largest absolute Gasteiger partial charge is 0.486 e. The number of nitrogens with zero attached hydrogens (tertiary/aromatic N) is 4. The first-order valence-corrected chi connectivity index (χ1v) is 10.3. The number of amides is 1. The minimum Gasteiger partial charge on any atom is -0.486 e. The highest BCUT2D eigenvalue weighted by molar-refractivity contribution is 7.15. The smallest absolute Gasteiger partial charge is 0.268 e. The summed E-state index contributed by atoms with van der Waals surface area (Å²) >= 11 is 1.16. The van der Waals surface area contributed by atoms with Crippen molar-refractivity contribution < 1.29 is 13.9 Å². The van der Waals surface area contributed by atoms with Crippen LogP contribution in [0.1, 0.15) is 10.7 Å². The summed E-state index contributed by atoms with van der Waals surface area (Å²) in [6.45, 7) is 0.208. The highest BCUT2D eigenvalue weighted by Gasteiger charge is 2.14. The Bertz CT molecular complexity index is 1310. The predicted octanol–water partition coefficient (Wildman–Crippen LogP) is 4.59. The number of rotatable bonds is 7. The summed E-state index contributed by atoms with van der Waals surface area (Å²) in [5.74, 6) is -0.303. The van der Waals surface area contributed by atoms with Gasteiger partial charge < -0.3 is 9.30 Å². The van der Waals surface area contributed by atoms with E-state index in [4.69, 9.17) is 4.74 Å². The molecule has 2 aromatic carbocycles. The zero-order valence-electron chi connectivity index (χ0n) is 16.6. The lowest BCUT2D eigenvalue weighted by molar-refractivity contribution is -0.112. The number of ether oxygens (including phenoxy) is 1. The van der Waals surface area contributed by atoms with Gasteiger partial charge in [0.05, 0.1) is 0 Å². The van der Waals surface area contributed by atoms with Crippen molar-refractivity contribution in [3.63, 3.8) is 0 Å². The molecule has 0 aliphatic carbocycles. The minimum absolute atomic E-state index is 0.126. The Balaban J connectivity index is 1.45. The van der Waals surface area contributed by atoms with E-state index in [1.807, 2.05) is 36.4 Å². The summed E-state index contributed by atoms with van der Waals surface area (Å²) in [5, 5.41) is 20.8. The molecule has 0 spiro atoms. The number of hydrogen-bond donors (Lipinski definition) is 1. The molecule has 9 heteroatoms. The van der Waals surface area contributed by atoms with Crippen molar-refractivity contribution in [1.82, 2.24) is 14.8 Å². The fourth-order valence-electron chi connectivity index (χ4n) is 2.86. The first-order chi connectivity index (χ1) is 15.6. The van der Waals surface area contributed by atoms with Crippen molar-refractivity contribution >= 4 is 28.5 Å². The Morgan fingerprint density at radius 1 is 1.16 bits per heavy atom. The van der Waals surface area contributed by atoms with Gasteiger partial charge in [-0.15, -0.1) is 10.2 Å². The molecule has 4 rings (SSSR count). The van der Waals surface area contributed by atoms with Crippen LogP contribution in [-0.4, -0.2) is 20.7 Å².